The Balaban J connectivity index is 1.63. The second-order valence-corrected chi connectivity index (χ2v) is 7.27. The fourth-order valence-corrected chi connectivity index (χ4v) is 3.68. The third kappa shape index (κ3) is 3.95. The van der Waals surface area contributed by atoms with Crippen LogP contribution in [0, 0.1) is 6.92 Å². The summed E-state index contributed by atoms with van der Waals surface area (Å²) in [5, 5.41) is 3.00. The van der Waals surface area contributed by atoms with Gasteiger partial charge in [0.2, 0.25) is 11.9 Å². The molecule has 3 N–H and O–H groups in total. The number of benzene rings is 1. The number of nitrogens with one attached hydrogen (secondary N) is 1. The number of anilines is 2. The molecule has 0 atom stereocenters. The third-order valence-electron chi connectivity index (χ3n) is 5.38. The third-order valence-corrected chi connectivity index (χ3v) is 5.38. The minimum atomic E-state index is -0.653. The summed E-state index contributed by atoms with van der Waals surface area (Å²) in [5.74, 6) is 0.756. The van der Waals surface area contributed by atoms with E-state index < -0.39 is 5.41 Å². The second-order valence-electron chi connectivity index (χ2n) is 7.27. The molecule has 0 aliphatic carbocycles. The van der Waals surface area contributed by atoms with E-state index in [2.05, 4.69) is 20.3 Å². The Bertz CT molecular complexity index is 996. The number of nitrogen functional groups attached to an aromatic ring is 1. The molecule has 1 aromatic carbocycles. The van der Waals surface area contributed by atoms with Gasteiger partial charge in [-0.15, -0.1) is 0 Å². The molecular weight excluding hydrogens is 366 g/mol. The molecule has 7 nitrogen and oxygen atoms in total. The summed E-state index contributed by atoms with van der Waals surface area (Å²) in [7, 11) is 0. The molecule has 1 aliphatic rings. The van der Waals surface area contributed by atoms with Crippen LogP contribution in [0.4, 0.5) is 11.8 Å². The summed E-state index contributed by atoms with van der Waals surface area (Å²) in [6.45, 7) is 3.06. The number of aryl methyl sites for hydroxylation is 1. The number of ether oxygens (including phenoxy) is 1. The molecule has 29 heavy (non-hydrogen) atoms. The summed E-state index contributed by atoms with van der Waals surface area (Å²) in [6.07, 6.45) is 6.32. The number of nitrogens with two attached hydrogens (primary N) is 1. The Hall–Kier alpha value is -3.32. The lowest BCUT2D eigenvalue weighted by atomic mass is 9.73. The van der Waals surface area contributed by atoms with Crippen LogP contribution in [-0.4, -0.2) is 34.1 Å². The Morgan fingerprint density at radius 3 is 2.38 bits per heavy atom. The Morgan fingerprint density at radius 1 is 1.03 bits per heavy atom. The van der Waals surface area contributed by atoms with Crippen molar-refractivity contribution in [2.75, 3.05) is 24.3 Å². The standard InChI is InChI=1S/C22H23N5O2/c1-15-6-9-24-19(12-15)27-20(28)22(7-10-29-11-8-22)18-4-2-16(3-5-18)17-13-25-21(23)26-14-17/h2-6,9,12-14H,7-8,10-11H2,1H3,(H2,23,25,26)(H,24,27,28). The number of hydrogen-bond donors (Lipinski definition) is 2. The topological polar surface area (TPSA) is 103 Å². The molecule has 1 fully saturated rings. The van der Waals surface area contributed by atoms with E-state index >= 15 is 0 Å². The van der Waals surface area contributed by atoms with Crippen molar-refractivity contribution in [3.05, 3.63) is 66.1 Å². The Labute approximate surface area is 169 Å². The smallest absolute Gasteiger partial charge is 0.236 e. The van der Waals surface area contributed by atoms with Crippen LogP contribution in [0.1, 0.15) is 24.0 Å². The van der Waals surface area contributed by atoms with Gasteiger partial charge in [-0.25, -0.2) is 15.0 Å². The monoisotopic (exact) mass is 389 g/mol. The maximum Gasteiger partial charge on any atom is 0.236 e. The molecule has 2 aromatic heterocycles. The van der Waals surface area contributed by atoms with Crippen LogP contribution < -0.4 is 11.1 Å². The predicted molar refractivity (Wildman–Crippen MR) is 111 cm³/mol. The zero-order valence-corrected chi connectivity index (χ0v) is 16.3. The van der Waals surface area contributed by atoms with E-state index in [4.69, 9.17) is 10.5 Å². The maximum absolute atomic E-state index is 13.4. The normalized spacial score (nSPS) is 15.6. The molecule has 1 amide bonds. The molecule has 148 valence electrons. The molecule has 0 saturated carbocycles. The van der Waals surface area contributed by atoms with Crippen LogP contribution in [0.5, 0.6) is 0 Å². The lowest BCUT2D eigenvalue weighted by Crippen LogP contribution is -2.45. The number of rotatable bonds is 4. The van der Waals surface area contributed by atoms with Gasteiger partial charge in [-0.2, -0.15) is 0 Å². The average Bonchev–Trinajstić information content (AvgIpc) is 2.75. The largest absolute Gasteiger partial charge is 0.381 e. The summed E-state index contributed by atoms with van der Waals surface area (Å²) < 4.78 is 5.55. The summed E-state index contributed by atoms with van der Waals surface area (Å²) >= 11 is 0. The molecule has 1 aliphatic heterocycles. The number of nitrogens with zero attached hydrogens (tertiary/aromatic N) is 3. The first-order valence-corrected chi connectivity index (χ1v) is 9.57. The van der Waals surface area contributed by atoms with E-state index in [0.29, 0.717) is 31.9 Å². The minimum absolute atomic E-state index is 0.0533. The van der Waals surface area contributed by atoms with Crippen LogP contribution in [-0.2, 0) is 14.9 Å². The molecule has 0 spiro atoms. The molecule has 0 unspecified atom stereocenters. The van der Waals surface area contributed by atoms with Crippen LogP contribution in [0.15, 0.2) is 55.0 Å². The highest BCUT2D eigenvalue weighted by molar-refractivity contribution is 5.98. The predicted octanol–water partition coefficient (Wildman–Crippen LogP) is 3.12. The number of carbonyl (C=O) groups excluding carboxylic acids is 1. The van der Waals surface area contributed by atoms with Crippen LogP contribution in [0.3, 0.4) is 0 Å². The molecule has 4 rings (SSSR count). The van der Waals surface area contributed by atoms with Gasteiger partial charge in [-0.3, -0.25) is 4.79 Å². The van der Waals surface area contributed by atoms with Gasteiger partial charge in [0.15, 0.2) is 0 Å². The van der Waals surface area contributed by atoms with E-state index in [1.807, 2.05) is 43.3 Å². The van der Waals surface area contributed by atoms with E-state index in [0.717, 1.165) is 22.3 Å². The van der Waals surface area contributed by atoms with Gasteiger partial charge in [0.25, 0.3) is 0 Å². The Kier molecular flexibility index (Phi) is 5.22. The SMILES string of the molecule is Cc1ccnc(NC(=O)C2(c3ccc(-c4cnc(N)nc4)cc3)CCOCC2)c1. The van der Waals surface area contributed by atoms with Crippen LogP contribution >= 0.6 is 0 Å². The highest BCUT2D eigenvalue weighted by atomic mass is 16.5. The molecule has 0 bridgehead atoms. The fourth-order valence-electron chi connectivity index (χ4n) is 3.68. The first-order valence-electron chi connectivity index (χ1n) is 9.57. The van der Waals surface area contributed by atoms with Crippen molar-refractivity contribution >= 4 is 17.7 Å². The summed E-state index contributed by atoms with van der Waals surface area (Å²) in [5.41, 5.74) is 8.77. The summed E-state index contributed by atoms with van der Waals surface area (Å²) in [6, 6.07) is 11.7. The van der Waals surface area contributed by atoms with E-state index in [1.54, 1.807) is 18.6 Å². The van der Waals surface area contributed by atoms with Crippen molar-refractivity contribution in [3.8, 4) is 11.1 Å². The van der Waals surface area contributed by atoms with Crippen molar-refractivity contribution in [2.45, 2.75) is 25.2 Å². The molecule has 3 heterocycles. The fraction of sp³-hybridized carbons (Fsp3) is 0.273. The molecule has 3 aromatic rings. The summed E-state index contributed by atoms with van der Waals surface area (Å²) in [4.78, 5) is 25.7. The van der Waals surface area contributed by atoms with Gasteiger partial charge in [-0.05, 0) is 48.6 Å². The number of carbonyl (C=O) groups is 1. The number of aromatic nitrogens is 3. The van der Waals surface area contributed by atoms with Gasteiger partial charge in [0.1, 0.15) is 5.82 Å². The van der Waals surface area contributed by atoms with Crippen molar-refractivity contribution < 1.29 is 9.53 Å². The lowest BCUT2D eigenvalue weighted by Gasteiger charge is -2.36. The molecule has 1 saturated heterocycles. The van der Waals surface area contributed by atoms with E-state index in [1.165, 1.54) is 0 Å². The maximum atomic E-state index is 13.4. The molecule has 0 radical (unpaired) electrons. The zero-order chi connectivity index (χ0) is 20.3. The van der Waals surface area contributed by atoms with Gasteiger partial charge in [0, 0.05) is 37.4 Å². The van der Waals surface area contributed by atoms with Gasteiger partial charge < -0.3 is 15.8 Å². The second kappa shape index (κ2) is 7.97. The lowest BCUT2D eigenvalue weighted by molar-refractivity contribution is -0.125. The van der Waals surface area contributed by atoms with E-state index in [-0.39, 0.29) is 11.9 Å². The number of hydrogen-bond acceptors (Lipinski definition) is 6. The van der Waals surface area contributed by atoms with Gasteiger partial charge >= 0.3 is 0 Å². The zero-order valence-electron chi connectivity index (χ0n) is 16.3. The Morgan fingerprint density at radius 2 is 1.72 bits per heavy atom. The van der Waals surface area contributed by atoms with Crippen molar-refractivity contribution in [2.24, 2.45) is 0 Å². The van der Waals surface area contributed by atoms with Crippen LogP contribution in [0.25, 0.3) is 11.1 Å². The first-order chi connectivity index (χ1) is 14.1. The highest BCUT2D eigenvalue weighted by Crippen LogP contribution is 2.37. The van der Waals surface area contributed by atoms with Crippen molar-refractivity contribution in [1.29, 1.82) is 0 Å². The average molecular weight is 389 g/mol. The minimum Gasteiger partial charge on any atom is -0.381 e. The number of amides is 1. The molecule has 7 heteroatoms. The quantitative estimate of drug-likeness (QED) is 0.711. The van der Waals surface area contributed by atoms with Gasteiger partial charge in [0.05, 0.1) is 5.41 Å². The van der Waals surface area contributed by atoms with Crippen LogP contribution in [0.2, 0.25) is 0 Å². The van der Waals surface area contributed by atoms with Crippen molar-refractivity contribution in [1.82, 2.24) is 15.0 Å². The van der Waals surface area contributed by atoms with Gasteiger partial charge in [-0.1, -0.05) is 24.3 Å². The first kappa shape index (κ1) is 19.0. The molecular formula is C22H23N5O2. The number of pyridine rings is 1. The highest BCUT2D eigenvalue weighted by Gasteiger charge is 2.41. The van der Waals surface area contributed by atoms with Crippen molar-refractivity contribution in [3.63, 3.8) is 0 Å². The van der Waals surface area contributed by atoms with E-state index in [9.17, 15) is 4.79 Å².